The Labute approximate surface area is 182 Å². The number of hydrogen-bond acceptors (Lipinski definition) is 5. The van der Waals surface area contributed by atoms with Gasteiger partial charge in [-0.05, 0) is 37.0 Å². The van der Waals surface area contributed by atoms with Gasteiger partial charge in [0.15, 0.2) is 0 Å². The lowest BCUT2D eigenvalue weighted by molar-refractivity contribution is -0.138. The van der Waals surface area contributed by atoms with E-state index >= 15 is 0 Å². The Morgan fingerprint density at radius 2 is 1.71 bits per heavy atom. The van der Waals surface area contributed by atoms with E-state index in [9.17, 15) is 27.3 Å². The van der Waals surface area contributed by atoms with Gasteiger partial charge in [0.05, 0.1) is 6.07 Å². The van der Waals surface area contributed by atoms with E-state index in [4.69, 9.17) is 0 Å². The van der Waals surface area contributed by atoms with Gasteiger partial charge in [0.25, 0.3) is 0 Å². The maximum atomic E-state index is 14.0. The molecule has 31 heavy (non-hydrogen) atoms. The molecule has 2 aliphatic heterocycles. The van der Waals surface area contributed by atoms with Crippen LogP contribution in [0.4, 0.5) is 8.78 Å². The van der Waals surface area contributed by atoms with Gasteiger partial charge >= 0.3 is 0 Å². The molecule has 1 aromatic carbocycles. The monoisotopic (exact) mass is 454 g/mol. The topological polar surface area (TPSA) is 84.7 Å². The average molecular weight is 455 g/mol. The van der Waals surface area contributed by atoms with Crippen LogP contribution in [0.25, 0.3) is 0 Å². The Kier molecular flexibility index (Phi) is 7.29. The van der Waals surface area contributed by atoms with Crippen molar-refractivity contribution in [2.45, 2.75) is 37.6 Å². The fourth-order valence-corrected chi connectivity index (χ4v) is 5.83. The summed E-state index contributed by atoms with van der Waals surface area (Å²) < 4.78 is 54.0. The molecule has 2 heterocycles. The number of benzene rings is 1. The predicted octanol–water partition coefficient (Wildman–Crippen LogP) is 2.06. The highest BCUT2D eigenvalue weighted by molar-refractivity contribution is 7.89. The van der Waals surface area contributed by atoms with Gasteiger partial charge in [-0.25, -0.2) is 17.2 Å². The molecule has 0 bridgehead atoms. The molecule has 1 aromatic rings. The molecule has 0 aliphatic carbocycles. The lowest BCUT2D eigenvalue weighted by Gasteiger charge is -2.40. The van der Waals surface area contributed by atoms with Gasteiger partial charge in [0.1, 0.15) is 22.6 Å². The van der Waals surface area contributed by atoms with Crippen LogP contribution in [0.15, 0.2) is 23.1 Å². The average Bonchev–Trinajstić information content (AvgIpc) is 2.75. The molecule has 10 heteroatoms. The molecule has 0 spiro atoms. The van der Waals surface area contributed by atoms with Crippen LogP contribution in [-0.4, -0.2) is 73.7 Å². The molecular weight excluding hydrogens is 426 g/mol. The summed E-state index contributed by atoms with van der Waals surface area (Å²) >= 11 is 0. The highest BCUT2D eigenvalue weighted by Gasteiger charge is 2.36. The van der Waals surface area contributed by atoms with Crippen molar-refractivity contribution in [3.8, 4) is 6.07 Å². The number of nitriles is 1. The van der Waals surface area contributed by atoms with Crippen molar-refractivity contribution in [2.24, 2.45) is 11.8 Å². The number of piperidine rings is 1. The molecule has 2 saturated heterocycles. The van der Waals surface area contributed by atoms with Crippen LogP contribution in [0.1, 0.15) is 26.7 Å². The minimum absolute atomic E-state index is 0.00770. The minimum atomic E-state index is -4.16. The molecular formula is C21H28F2N4O3S. The largest absolute Gasteiger partial charge is 0.340 e. The first kappa shape index (κ1) is 23.6. The summed E-state index contributed by atoms with van der Waals surface area (Å²) in [5.74, 6) is -1.91. The Hall–Kier alpha value is -2.09. The van der Waals surface area contributed by atoms with E-state index in [0.29, 0.717) is 45.1 Å². The Morgan fingerprint density at radius 1 is 1.10 bits per heavy atom. The fraction of sp³-hybridized carbons (Fsp3) is 0.619. The molecule has 0 aromatic heterocycles. The van der Waals surface area contributed by atoms with Crippen molar-refractivity contribution in [1.29, 1.82) is 5.26 Å². The summed E-state index contributed by atoms with van der Waals surface area (Å²) in [5.41, 5.74) is 0. The van der Waals surface area contributed by atoms with E-state index in [0.717, 1.165) is 16.4 Å². The number of carbonyl (C=O) groups is 1. The summed E-state index contributed by atoms with van der Waals surface area (Å²) in [6.07, 6.45) is 0.671. The summed E-state index contributed by atoms with van der Waals surface area (Å²) in [4.78, 5) is 16.1. The first-order chi connectivity index (χ1) is 14.6. The lowest BCUT2D eigenvalue weighted by Crippen LogP contribution is -2.54. The summed E-state index contributed by atoms with van der Waals surface area (Å²) in [6.45, 7) is 6.51. The maximum Gasteiger partial charge on any atom is 0.246 e. The zero-order valence-corrected chi connectivity index (χ0v) is 18.6. The number of hydrogen-bond donors (Lipinski definition) is 0. The van der Waals surface area contributed by atoms with Crippen LogP contribution in [0.3, 0.4) is 0 Å². The second-order valence-electron chi connectivity index (χ2n) is 8.43. The van der Waals surface area contributed by atoms with Crippen molar-refractivity contribution < 1.29 is 22.0 Å². The summed E-state index contributed by atoms with van der Waals surface area (Å²) in [6, 6.07) is 4.52. The number of amides is 1. The van der Waals surface area contributed by atoms with E-state index in [-0.39, 0.29) is 36.9 Å². The smallest absolute Gasteiger partial charge is 0.246 e. The van der Waals surface area contributed by atoms with Gasteiger partial charge in [-0.2, -0.15) is 9.57 Å². The normalized spacial score (nSPS) is 20.6. The third kappa shape index (κ3) is 5.05. The molecule has 1 unspecified atom stereocenters. The molecule has 2 aliphatic rings. The number of halogens is 2. The van der Waals surface area contributed by atoms with E-state index in [1.807, 2.05) is 13.8 Å². The Balaban J connectivity index is 1.57. The van der Waals surface area contributed by atoms with Gasteiger partial charge in [-0.3, -0.25) is 9.69 Å². The first-order valence-electron chi connectivity index (χ1n) is 10.5. The highest BCUT2D eigenvalue weighted by Crippen LogP contribution is 2.27. The van der Waals surface area contributed by atoms with Crippen molar-refractivity contribution in [2.75, 3.05) is 39.3 Å². The van der Waals surface area contributed by atoms with Gasteiger partial charge in [0.2, 0.25) is 15.9 Å². The zero-order chi connectivity index (χ0) is 22.8. The van der Waals surface area contributed by atoms with Crippen molar-refractivity contribution in [3.05, 3.63) is 29.8 Å². The zero-order valence-electron chi connectivity index (χ0n) is 17.8. The number of sulfonamides is 1. The molecule has 2 fully saturated rings. The Morgan fingerprint density at radius 3 is 2.26 bits per heavy atom. The van der Waals surface area contributed by atoms with Crippen molar-refractivity contribution in [1.82, 2.24) is 14.1 Å². The molecule has 0 N–H and O–H groups in total. The minimum Gasteiger partial charge on any atom is -0.340 e. The second kappa shape index (κ2) is 9.59. The van der Waals surface area contributed by atoms with Gasteiger partial charge in [-0.1, -0.05) is 13.8 Å². The number of rotatable bonds is 5. The molecule has 1 amide bonds. The summed E-state index contributed by atoms with van der Waals surface area (Å²) in [7, 11) is -4.16. The van der Waals surface area contributed by atoms with E-state index in [1.54, 1.807) is 4.90 Å². The Bertz CT molecular complexity index is 948. The van der Waals surface area contributed by atoms with Crippen LogP contribution in [0, 0.1) is 34.8 Å². The van der Waals surface area contributed by atoms with Crippen LogP contribution in [0.5, 0.6) is 0 Å². The highest BCUT2D eigenvalue weighted by atomic mass is 32.2. The van der Waals surface area contributed by atoms with Crippen LogP contribution < -0.4 is 0 Å². The van der Waals surface area contributed by atoms with Gasteiger partial charge in [-0.15, -0.1) is 0 Å². The van der Waals surface area contributed by atoms with E-state index in [2.05, 4.69) is 11.0 Å². The molecule has 3 rings (SSSR count). The second-order valence-corrected chi connectivity index (χ2v) is 10.3. The quantitative estimate of drug-likeness (QED) is 0.680. The third-order valence-electron chi connectivity index (χ3n) is 6.10. The molecule has 170 valence electrons. The van der Waals surface area contributed by atoms with Gasteiger partial charge < -0.3 is 4.90 Å². The van der Waals surface area contributed by atoms with Crippen LogP contribution in [0.2, 0.25) is 0 Å². The van der Waals surface area contributed by atoms with E-state index in [1.165, 1.54) is 0 Å². The van der Waals surface area contributed by atoms with Crippen molar-refractivity contribution in [3.63, 3.8) is 0 Å². The van der Waals surface area contributed by atoms with Gasteiger partial charge in [0, 0.05) is 45.2 Å². The molecule has 1 atom stereocenters. The first-order valence-corrected chi connectivity index (χ1v) is 12.0. The van der Waals surface area contributed by atoms with E-state index < -0.39 is 26.6 Å². The molecule has 0 radical (unpaired) electrons. The number of carbonyl (C=O) groups excluding carboxylic acids is 1. The molecule has 0 saturated carbocycles. The summed E-state index contributed by atoms with van der Waals surface area (Å²) in [5, 5.41) is 9.36. The fourth-order valence-electron chi connectivity index (χ4n) is 4.29. The third-order valence-corrected chi connectivity index (χ3v) is 8.01. The predicted molar refractivity (Wildman–Crippen MR) is 110 cm³/mol. The van der Waals surface area contributed by atoms with Crippen LogP contribution in [-0.2, 0) is 14.8 Å². The van der Waals surface area contributed by atoms with Crippen molar-refractivity contribution >= 4 is 15.9 Å². The number of piperazine rings is 1. The standard InChI is InChI=1S/C21H28F2N4O3S/c1-15(2)19(14-24)25-9-11-26(12-10-25)21(28)16-5-7-27(8-6-16)31(29,30)20-13-17(22)3-4-18(20)23/h3-4,13,15-16,19H,5-12H2,1-2H3. The number of nitrogens with zero attached hydrogens (tertiary/aromatic N) is 4. The lowest BCUT2D eigenvalue weighted by atomic mass is 9.96. The molecule has 7 nitrogen and oxygen atoms in total. The van der Waals surface area contributed by atoms with Crippen LogP contribution >= 0.6 is 0 Å². The maximum absolute atomic E-state index is 14.0. The SMILES string of the molecule is CC(C)C(C#N)N1CCN(C(=O)C2CCN(S(=O)(=O)c3cc(F)ccc3F)CC2)CC1.